The van der Waals surface area contributed by atoms with Crippen LogP contribution in [0, 0.1) is 18.6 Å². The second kappa shape index (κ2) is 5.16. The molecule has 0 amide bonds. The van der Waals surface area contributed by atoms with E-state index in [4.69, 9.17) is 5.26 Å². The Morgan fingerprint density at radius 3 is 2.57 bits per heavy atom. The molecule has 2 nitrogen and oxygen atoms in total. The minimum absolute atomic E-state index is 0.0483. The molecule has 0 fully saturated rings. The van der Waals surface area contributed by atoms with E-state index < -0.39 is 6.43 Å². The first kappa shape index (κ1) is 12.0. The zero-order valence-corrected chi connectivity index (χ0v) is 11.1. The molecule has 0 saturated heterocycles. The molecule has 0 aromatic carbocycles. The van der Waals surface area contributed by atoms with Crippen molar-refractivity contribution in [2.24, 2.45) is 0 Å². The van der Waals surface area contributed by atoms with Gasteiger partial charge in [-0.3, -0.25) is 0 Å². The van der Waals surface area contributed by atoms with Crippen LogP contribution in [0.25, 0.3) is 0 Å². The molecule has 0 bridgehead atoms. The van der Waals surface area contributed by atoms with Gasteiger partial charge in [-0.15, -0.1) is 0 Å². The lowest BCUT2D eigenvalue weighted by molar-refractivity contribution is 0.149. The molecule has 74 valence electrons. The molecule has 0 unspecified atom stereocenters. The molecule has 1 rings (SSSR count). The van der Waals surface area contributed by atoms with Gasteiger partial charge in [0.2, 0.25) is 0 Å². The van der Waals surface area contributed by atoms with Gasteiger partial charge in [-0.1, -0.05) is 0 Å². The number of halogens is 4. The van der Waals surface area contributed by atoms with Gasteiger partial charge in [0.25, 0.3) is 6.43 Å². The van der Waals surface area contributed by atoms with Crippen LogP contribution in [0.3, 0.4) is 0 Å². The van der Waals surface area contributed by atoms with Crippen LogP contribution in [-0.2, 0) is 6.42 Å². The van der Waals surface area contributed by atoms with Gasteiger partial charge >= 0.3 is 0 Å². The summed E-state index contributed by atoms with van der Waals surface area (Å²) < 4.78 is 25.7. The van der Waals surface area contributed by atoms with Crippen LogP contribution >= 0.6 is 45.2 Å². The second-order valence-electron chi connectivity index (χ2n) is 2.44. The molecule has 0 aliphatic heterocycles. The first-order chi connectivity index (χ1) is 6.56. The standard InChI is InChI=1S/C8H4F2I2N2/c9-7(10)6-5(11)3-4(1-2-13)14-8(6)12/h3,7H,1H2. The summed E-state index contributed by atoms with van der Waals surface area (Å²) in [5.74, 6) is 0. The zero-order chi connectivity index (χ0) is 10.7. The summed E-state index contributed by atoms with van der Waals surface area (Å²) >= 11 is 3.59. The molecule has 0 saturated carbocycles. The summed E-state index contributed by atoms with van der Waals surface area (Å²) in [5, 5.41) is 8.44. The first-order valence-electron chi connectivity index (χ1n) is 3.56. The number of aromatic nitrogens is 1. The van der Waals surface area contributed by atoms with Gasteiger partial charge in [-0.2, -0.15) is 5.26 Å². The Bertz CT molecular complexity index is 364. The van der Waals surface area contributed by atoms with Crippen LogP contribution in [0.4, 0.5) is 8.78 Å². The van der Waals surface area contributed by atoms with Crippen LogP contribution in [-0.4, -0.2) is 4.98 Å². The first-order valence-corrected chi connectivity index (χ1v) is 5.72. The van der Waals surface area contributed by atoms with E-state index in [1.54, 1.807) is 22.6 Å². The van der Waals surface area contributed by atoms with Gasteiger partial charge in [-0.05, 0) is 51.2 Å². The minimum Gasteiger partial charge on any atom is -0.245 e. The Balaban J connectivity index is 3.19. The highest BCUT2D eigenvalue weighted by molar-refractivity contribution is 14.1. The molecule has 1 heterocycles. The molecule has 0 aliphatic carbocycles. The number of pyridine rings is 1. The summed E-state index contributed by atoms with van der Waals surface area (Å²) in [6.45, 7) is 0. The van der Waals surface area contributed by atoms with E-state index in [9.17, 15) is 8.78 Å². The lowest BCUT2D eigenvalue weighted by Gasteiger charge is -2.06. The van der Waals surface area contributed by atoms with Gasteiger partial charge in [0, 0.05) is 3.57 Å². The Morgan fingerprint density at radius 2 is 2.14 bits per heavy atom. The molecule has 0 aliphatic rings. The molecular weight excluding hydrogens is 416 g/mol. The van der Waals surface area contributed by atoms with Crippen molar-refractivity contribution in [3.05, 3.63) is 24.6 Å². The highest BCUT2D eigenvalue weighted by Crippen LogP contribution is 2.28. The largest absolute Gasteiger partial charge is 0.267 e. The summed E-state index contributed by atoms with van der Waals surface area (Å²) in [6, 6.07) is 3.45. The van der Waals surface area contributed by atoms with Crippen molar-refractivity contribution in [1.82, 2.24) is 4.98 Å². The number of rotatable bonds is 2. The molecule has 1 aromatic heterocycles. The second-order valence-corrected chi connectivity index (χ2v) is 4.62. The number of nitriles is 1. The van der Waals surface area contributed by atoms with Gasteiger partial charge in [-0.25, -0.2) is 13.8 Å². The highest BCUT2D eigenvalue weighted by Gasteiger charge is 2.17. The number of hydrogen-bond donors (Lipinski definition) is 0. The molecule has 6 heteroatoms. The highest BCUT2D eigenvalue weighted by atomic mass is 127. The van der Waals surface area contributed by atoms with Crippen LogP contribution in [0.1, 0.15) is 17.7 Å². The van der Waals surface area contributed by atoms with Gasteiger partial charge in [0.05, 0.1) is 23.7 Å². The van der Waals surface area contributed by atoms with E-state index in [0.717, 1.165) is 0 Å². The number of alkyl halides is 2. The number of nitrogens with zero attached hydrogens (tertiary/aromatic N) is 2. The lowest BCUT2D eigenvalue weighted by atomic mass is 10.2. The SMILES string of the molecule is N#CCc1cc(I)c(C(F)F)c(I)n1. The molecule has 14 heavy (non-hydrogen) atoms. The van der Waals surface area contributed by atoms with Crippen LogP contribution in [0.15, 0.2) is 6.07 Å². The van der Waals surface area contributed by atoms with E-state index in [-0.39, 0.29) is 15.7 Å². The van der Waals surface area contributed by atoms with Crippen molar-refractivity contribution >= 4 is 45.2 Å². The monoisotopic (exact) mass is 420 g/mol. The van der Waals surface area contributed by atoms with Crippen molar-refractivity contribution in [2.45, 2.75) is 12.8 Å². The lowest BCUT2D eigenvalue weighted by Crippen LogP contribution is -2.01. The maximum Gasteiger partial charge on any atom is 0.267 e. The van der Waals surface area contributed by atoms with Crippen LogP contribution in [0.5, 0.6) is 0 Å². The Kier molecular flexibility index (Phi) is 4.43. The van der Waals surface area contributed by atoms with Crippen molar-refractivity contribution in [3.63, 3.8) is 0 Å². The zero-order valence-electron chi connectivity index (χ0n) is 6.77. The third-order valence-electron chi connectivity index (χ3n) is 1.49. The molecule has 0 radical (unpaired) electrons. The fourth-order valence-electron chi connectivity index (χ4n) is 0.907. The molecule has 1 aromatic rings. The Hall–Kier alpha value is -0.0400. The smallest absolute Gasteiger partial charge is 0.245 e. The van der Waals surface area contributed by atoms with E-state index in [1.807, 2.05) is 28.7 Å². The van der Waals surface area contributed by atoms with Gasteiger partial charge in [0.15, 0.2) is 0 Å². The third-order valence-corrected chi connectivity index (χ3v) is 3.21. The van der Waals surface area contributed by atoms with E-state index in [0.29, 0.717) is 9.26 Å². The van der Waals surface area contributed by atoms with E-state index >= 15 is 0 Å². The minimum atomic E-state index is -2.52. The average Bonchev–Trinajstić information content (AvgIpc) is 2.01. The molecule has 0 spiro atoms. The third kappa shape index (κ3) is 2.73. The van der Waals surface area contributed by atoms with Crippen LogP contribution in [0.2, 0.25) is 0 Å². The number of hydrogen-bond acceptors (Lipinski definition) is 2. The predicted octanol–water partition coefficient (Wildman–Crippen LogP) is 3.29. The fraction of sp³-hybridized carbons (Fsp3) is 0.250. The van der Waals surface area contributed by atoms with Crippen molar-refractivity contribution in [1.29, 1.82) is 5.26 Å². The topological polar surface area (TPSA) is 36.7 Å². The molecular formula is C8H4F2I2N2. The summed E-state index contributed by atoms with van der Waals surface area (Å²) in [6.07, 6.45) is -2.37. The normalized spacial score (nSPS) is 10.3. The molecule has 0 N–H and O–H groups in total. The van der Waals surface area contributed by atoms with Gasteiger partial charge < -0.3 is 0 Å². The van der Waals surface area contributed by atoms with Crippen LogP contribution < -0.4 is 0 Å². The summed E-state index contributed by atoms with van der Waals surface area (Å²) in [4.78, 5) is 3.92. The Labute approximate surface area is 107 Å². The maximum atomic E-state index is 12.5. The summed E-state index contributed by atoms with van der Waals surface area (Å²) in [7, 11) is 0. The quantitative estimate of drug-likeness (QED) is 0.544. The van der Waals surface area contributed by atoms with Crippen molar-refractivity contribution in [2.75, 3.05) is 0 Å². The summed E-state index contributed by atoms with van der Waals surface area (Å²) in [5.41, 5.74) is 0.485. The van der Waals surface area contributed by atoms with E-state index in [2.05, 4.69) is 4.98 Å². The average molecular weight is 420 g/mol. The van der Waals surface area contributed by atoms with Crippen molar-refractivity contribution < 1.29 is 8.78 Å². The van der Waals surface area contributed by atoms with E-state index in [1.165, 1.54) is 6.07 Å². The fourth-order valence-corrected chi connectivity index (χ4v) is 3.11. The maximum absolute atomic E-state index is 12.5. The van der Waals surface area contributed by atoms with Gasteiger partial charge in [0.1, 0.15) is 3.70 Å². The predicted molar refractivity (Wildman–Crippen MR) is 63.9 cm³/mol. The molecule has 0 atom stereocenters. The Morgan fingerprint density at radius 1 is 1.50 bits per heavy atom. The van der Waals surface area contributed by atoms with Crippen molar-refractivity contribution in [3.8, 4) is 6.07 Å².